The number of benzene rings is 1. The molecular weight excluding hydrogens is 302 g/mol. The minimum absolute atomic E-state index is 0.0351. The van der Waals surface area contributed by atoms with Crippen LogP contribution in [0.15, 0.2) is 24.3 Å². The SMILES string of the molecule is CCNC(=O)N(C)C[C@@H]1CCCN(CCc2ccc(OC)cc2)C1. The number of amides is 2. The molecule has 1 aromatic rings. The van der Waals surface area contributed by atoms with Crippen LogP contribution in [-0.2, 0) is 6.42 Å². The van der Waals surface area contributed by atoms with Gasteiger partial charge in [0.25, 0.3) is 0 Å². The van der Waals surface area contributed by atoms with E-state index in [9.17, 15) is 4.79 Å². The molecule has 0 saturated carbocycles. The molecule has 0 aromatic heterocycles. The van der Waals surface area contributed by atoms with Crippen LogP contribution >= 0.6 is 0 Å². The fourth-order valence-electron chi connectivity index (χ4n) is 3.34. The zero-order valence-electron chi connectivity index (χ0n) is 15.3. The molecule has 1 aliphatic rings. The van der Waals surface area contributed by atoms with Crippen molar-refractivity contribution in [2.75, 3.05) is 46.9 Å². The smallest absolute Gasteiger partial charge is 0.317 e. The molecule has 0 bridgehead atoms. The number of hydrogen-bond acceptors (Lipinski definition) is 3. The molecule has 2 amide bonds. The quantitative estimate of drug-likeness (QED) is 0.834. The highest BCUT2D eigenvalue weighted by Gasteiger charge is 2.22. The van der Waals surface area contributed by atoms with Crippen molar-refractivity contribution >= 4 is 6.03 Å². The van der Waals surface area contributed by atoms with Crippen LogP contribution in [0.4, 0.5) is 4.79 Å². The molecule has 0 radical (unpaired) electrons. The summed E-state index contributed by atoms with van der Waals surface area (Å²) in [6, 6.07) is 8.37. The van der Waals surface area contributed by atoms with Gasteiger partial charge in [-0.3, -0.25) is 0 Å². The second-order valence-corrected chi connectivity index (χ2v) is 6.62. The van der Waals surface area contributed by atoms with Gasteiger partial charge in [-0.1, -0.05) is 12.1 Å². The fourth-order valence-corrected chi connectivity index (χ4v) is 3.34. The average Bonchev–Trinajstić information content (AvgIpc) is 2.61. The Balaban J connectivity index is 1.76. The lowest BCUT2D eigenvalue weighted by Gasteiger charge is -2.34. The lowest BCUT2D eigenvalue weighted by atomic mass is 9.97. The molecule has 1 saturated heterocycles. The summed E-state index contributed by atoms with van der Waals surface area (Å²) in [5.74, 6) is 1.48. The summed E-state index contributed by atoms with van der Waals surface area (Å²) in [5, 5.41) is 2.87. The minimum Gasteiger partial charge on any atom is -0.497 e. The van der Waals surface area contributed by atoms with Gasteiger partial charge >= 0.3 is 6.03 Å². The normalized spacial score (nSPS) is 18.2. The predicted octanol–water partition coefficient (Wildman–Crippen LogP) is 2.61. The van der Waals surface area contributed by atoms with Crippen LogP contribution in [0.25, 0.3) is 0 Å². The molecule has 134 valence electrons. The van der Waals surface area contributed by atoms with Crippen LogP contribution in [0.5, 0.6) is 5.75 Å². The molecular formula is C19H31N3O2. The molecule has 24 heavy (non-hydrogen) atoms. The van der Waals surface area contributed by atoms with Crippen molar-refractivity contribution in [3.63, 3.8) is 0 Å². The second-order valence-electron chi connectivity index (χ2n) is 6.62. The molecule has 1 aliphatic heterocycles. The number of likely N-dealkylation sites (tertiary alicyclic amines) is 1. The third-order valence-electron chi connectivity index (χ3n) is 4.69. The monoisotopic (exact) mass is 333 g/mol. The van der Waals surface area contributed by atoms with Gasteiger partial charge in [0.05, 0.1) is 7.11 Å². The number of nitrogens with one attached hydrogen (secondary N) is 1. The number of piperidine rings is 1. The van der Waals surface area contributed by atoms with Crippen molar-refractivity contribution in [2.24, 2.45) is 5.92 Å². The Morgan fingerprint density at radius 2 is 2.12 bits per heavy atom. The molecule has 0 aliphatic carbocycles. The molecule has 5 nitrogen and oxygen atoms in total. The van der Waals surface area contributed by atoms with Crippen molar-refractivity contribution in [1.29, 1.82) is 0 Å². The number of nitrogens with zero attached hydrogens (tertiary/aromatic N) is 2. The molecule has 0 spiro atoms. The molecule has 1 atom stereocenters. The van der Waals surface area contributed by atoms with Gasteiger partial charge in [0, 0.05) is 33.2 Å². The van der Waals surface area contributed by atoms with E-state index in [0.29, 0.717) is 12.5 Å². The van der Waals surface area contributed by atoms with Gasteiger partial charge in [0.1, 0.15) is 5.75 Å². The second kappa shape index (κ2) is 9.52. The number of carbonyl (C=O) groups is 1. The number of hydrogen-bond donors (Lipinski definition) is 1. The number of urea groups is 1. The van der Waals surface area contributed by atoms with Crippen molar-refractivity contribution in [3.05, 3.63) is 29.8 Å². The van der Waals surface area contributed by atoms with E-state index in [4.69, 9.17) is 4.74 Å². The van der Waals surface area contributed by atoms with Crippen LogP contribution in [0.1, 0.15) is 25.3 Å². The van der Waals surface area contributed by atoms with Gasteiger partial charge in [-0.25, -0.2) is 4.79 Å². The van der Waals surface area contributed by atoms with E-state index in [1.807, 2.05) is 31.0 Å². The van der Waals surface area contributed by atoms with E-state index in [-0.39, 0.29) is 6.03 Å². The van der Waals surface area contributed by atoms with E-state index in [1.165, 1.54) is 18.4 Å². The van der Waals surface area contributed by atoms with Gasteiger partial charge in [0.2, 0.25) is 0 Å². The minimum atomic E-state index is 0.0351. The Kier molecular flexibility index (Phi) is 7.37. The maximum atomic E-state index is 11.9. The Morgan fingerprint density at radius 3 is 2.79 bits per heavy atom. The summed E-state index contributed by atoms with van der Waals surface area (Å²) >= 11 is 0. The first kappa shape index (κ1) is 18.6. The third kappa shape index (κ3) is 5.71. The molecule has 5 heteroatoms. The van der Waals surface area contributed by atoms with Gasteiger partial charge < -0.3 is 19.9 Å². The summed E-state index contributed by atoms with van der Waals surface area (Å²) in [4.78, 5) is 16.2. The highest BCUT2D eigenvalue weighted by atomic mass is 16.5. The first-order chi connectivity index (χ1) is 11.6. The number of methoxy groups -OCH3 is 1. The van der Waals surface area contributed by atoms with Gasteiger partial charge in [-0.2, -0.15) is 0 Å². The molecule has 0 unspecified atom stereocenters. The van der Waals surface area contributed by atoms with Gasteiger partial charge in [0.15, 0.2) is 0 Å². The summed E-state index contributed by atoms with van der Waals surface area (Å²) < 4.78 is 5.20. The highest BCUT2D eigenvalue weighted by Crippen LogP contribution is 2.18. The van der Waals surface area contributed by atoms with Crippen LogP contribution in [-0.4, -0.2) is 62.7 Å². The Morgan fingerprint density at radius 1 is 1.38 bits per heavy atom. The van der Waals surface area contributed by atoms with E-state index < -0.39 is 0 Å². The van der Waals surface area contributed by atoms with Gasteiger partial charge in [-0.15, -0.1) is 0 Å². The van der Waals surface area contributed by atoms with Crippen LogP contribution in [0.3, 0.4) is 0 Å². The fraction of sp³-hybridized carbons (Fsp3) is 0.632. The van der Waals surface area contributed by atoms with Crippen LogP contribution in [0.2, 0.25) is 0 Å². The van der Waals surface area contributed by atoms with Crippen molar-refractivity contribution < 1.29 is 9.53 Å². The molecule has 1 fully saturated rings. The van der Waals surface area contributed by atoms with Crippen LogP contribution in [0, 0.1) is 5.92 Å². The summed E-state index contributed by atoms with van der Waals surface area (Å²) in [7, 11) is 3.59. The number of carbonyl (C=O) groups excluding carboxylic acids is 1. The van der Waals surface area contributed by atoms with Gasteiger partial charge in [-0.05, 0) is 56.3 Å². The van der Waals surface area contributed by atoms with E-state index >= 15 is 0 Å². The first-order valence-corrected chi connectivity index (χ1v) is 8.96. The molecule has 1 N–H and O–H groups in total. The first-order valence-electron chi connectivity index (χ1n) is 8.96. The lowest BCUT2D eigenvalue weighted by Crippen LogP contribution is -2.44. The Hall–Kier alpha value is -1.75. The molecule has 1 aromatic carbocycles. The number of ether oxygens (including phenoxy) is 1. The summed E-state index contributed by atoms with van der Waals surface area (Å²) in [6.45, 7) is 6.80. The zero-order valence-corrected chi connectivity index (χ0v) is 15.3. The van der Waals surface area contributed by atoms with Crippen molar-refractivity contribution in [3.8, 4) is 5.75 Å². The average molecular weight is 333 g/mol. The van der Waals surface area contributed by atoms with Crippen molar-refractivity contribution in [2.45, 2.75) is 26.2 Å². The largest absolute Gasteiger partial charge is 0.497 e. The van der Waals surface area contributed by atoms with E-state index in [0.717, 1.165) is 38.3 Å². The molecule has 1 heterocycles. The molecule has 2 rings (SSSR count). The maximum Gasteiger partial charge on any atom is 0.317 e. The standard InChI is InChI=1S/C19H31N3O2/c1-4-20-19(23)21(2)14-17-6-5-12-22(15-17)13-11-16-7-9-18(24-3)10-8-16/h7-10,17H,4-6,11-15H2,1-3H3,(H,20,23)/t17-/m0/s1. The summed E-state index contributed by atoms with van der Waals surface area (Å²) in [6.07, 6.45) is 3.49. The van der Waals surface area contributed by atoms with E-state index in [1.54, 1.807) is 7.11 Å². The van der Waals surface area contributed by atoms with E-state index in [2.05, 4.69) is 22.3 Å². The Labute approximate surface area is 146 Å². The maximum absolute atomic E-state index is 11.9. The predicted molar refractivity (Wildman–Crippen MR) is 97.6 cm³/mol. The zero-order chi connectivity index (χ0) is 17.4. The van der Waals surface area contributed by atoms with Crippen molar-refractivity contribution in [1.82, 2.24) is 15.1 Å². The topological polar surface area (TPSA) is 44.8 Å². The lowest BCUT2D eigenvalue weighted by molar-refractivity contribution is 0.146. The Bertz CT molecular complexity index is 504. The van der Waals surface area contributed by atoms with Crippen LogP contribution < -0.4 is 10.1 Å². The highest BCUT2D eigenvalue weighted by molar-refractivity contribution is 5.73. The summed E-state index contributed by atoms with van der Waals surface area (Å²) in [5.41, 5.74) is 1.34. The number of rotatable bonds is 7. The third-order valence-corrected chi connectivity index (χ3v) is 4.69.